The Morgan fingerprint density at radius 3 is 1.33 bits per heavy atom. The zero-order valence-electron chi connectivity index (χ0n) is 19.5. The van der Waals surface area contributed by atoms with Crippen molar-refractivity contribution in [2.24, 2.45) is 0 Å². The van der Waals surface area contributed by atoms with Crippen LogP contribution in [-0.4, -0.2) is 41.8 Å². The molecular formula is C20H40Na2O7S. The number of carbonyl (C=O) groups excluding carboxylic acids is 1. The molecule has 0 radical (unpaired) electrons. The van der Waals surface area contributed by atoms with E-state index in [-0.39, 0.29) is 78.3 Å². The van der Waals surface area contributed by atoms with Gasteiger partial charge in [-0.2, -0.15) is 0 Å². The summed E-state index contributed by atoms with van der Waals surface area (Å²) in [5.41, 5.74) is 0. The van der Waals surface area contributed by atoms with E-state index < -0.39 is 10.4 Å². The third kappa shape index (κ3) is 47.2. The van der Waals surface area contributed by atoms with Gasteiger partial charge in [0.2, 0.25) is 0 Å². The molecule has 0 aromatic rings. The van der Waals surface area contributed by atoms with E-state index >= 15 is 0 Å². The fraction of sp³-hybridized carbons (Fsp3) is 0.950. The summed E-state index contributed by atoms with van der Waals surface area (Å²) >= 11 is 0. The number of unbranched alkanes of at least 4 members (excludes halogenated alkanes) is 14. The van der Waals surface area contributed by atoms with E-state index in [2.05, 4.69) is 6.92 Å². The first kappa shape index (κ1) is 38.6. The van der Waals surface area contributed by atoms with Crippen molar-refractivity contribution in [1.29, 1.82) is 0 Å². The molecule has 10 heteroatoms. The van der Waals surface area contributed by atoms with Crippen LogP contribution in [0.1, 0.15) is 110 Å². The normalized spacial score (nSPS) is 10.3. The van der Waals surface area contributed by atoms with Gasteiger partial charge in [-0.05, 0) is 6.42 Å². The molecule has 0 amide bonds. The number of carbonyl (C=O) groups is 1. The molecule has 0 bridgehead atoms. The van der Waals surface area contributed by atoms with Gasteiger partial charge in [0, 0.05) is 16.8 Å². The van der Waals surface area contributed by atoms with Gasteiger partial charge in [-0.3, -0.25) is 13.2 Å². The van der Waals surface area contributed by atoms with E-state index in [1.807, 2.05) is 0 Å². The maximum Gasteiger partial charge on any atom is 1.00 e. The first-order valence-corrected chi connectivity index (χ1v) is 12.1. The van der Waals surface area contributed by atoms with Crippen molar-refractivity contribution in [2.45, 2.75) is 110 Å². The molecular weight excluding hydrogens is 430 g/mol. The molecule has 0 fully saturated rings. The molecule has 170 valence electrons. The van der Waals surface area contributed by atoms with Crippen molar-refractivity contribution in [3.05, 3.63) is 0 Å². The van der Waals surface area contributed by atoms with Crippen LogP contribution in [0.4, 0.5) is 0 Å². The van der Waals surface area contributed by atoms with Crippen LogP contribution < -0.4 is 59.1 Å². The largest absolute Gasteiger partial charge is 1.00 e. The summed E-state index contributed by atoms with van der Waals surface area (Å²) in [4.78, 5) is 11.2. The topological polar surface area (TPSA) is 127 Å². The van der Waals surface area contributed by atoms with E-state index in [4.69, 9.17) is 27.4 Å². The molecule has 1 N–H and O–H groups in total. The molecule has 0 aromatic heterocycles. The minimum Gasteiger partial charge on any atom is -0.759 e. The van der Waals surface area contributed by atoms with E-state index in [0.717, 1.165) is 12.8 Å². The monoisotopic (exact) mass is 470 g/mol. The summed E-state index contributed by atoms with van der Waals surface area (Å²) in [6.07, 6.45) is 20.4. The smallest absolute Gasteiger partial charge is 0.759 e. The van der Waals surface area contributed by atoms with Gasteiger partial charge in [-0.25, -0.2) is 0 Å². The van der Waals surface area contributed by atoms with Gasteiger partial charge < -0.3 is 18.9 Å². The first-order valence-electron chi connectivity index (χ1n) is 10.7. The fourth-order valence-corrected chi connectivity index (χ4v) is 2.87. The number of aliphatic hydroxyl groups excluding tert-OH is 1. The molecule has 0 aliphatic carbocycles. The number of aliphatic hydroxyl groups is 1. The average Bonchev–Trinajstić information content (AvgIpc) is 2.61. The molecule has 0 heterocycles. The summed E-state index contributed by atoms with van der Waals surface area (Å²) in [5.74, 6) is -0.172. The second-order valence-corrected chi connectivity index (χ2v) is 7.87. The van der Waals surface area contributed by atoms with Gasteiger partial charge in [-0.1, -0.05) is 96.8 Å². The van der Waals surface area contributed by atoms with Crippen LogP contribution in [0.3, 0.4) is 0 Å². The third-order valence-corrected chi connectivity index (χ3v) is 4.34. The molecule has 0 unspecified atom stereocenters. The predicted octanol–water partition coefficient (Wildman–Crippen LogP) is -1.55. The zero-order chi connectivity index (χ0) is 21.5. The standard InChI is InChI=1S/C20H40O3.2Na.H2O4S/c1-2-3-4-5-6-7-8-9-10-11-12-13-14-15-16-17-20(22)23-19-18-21;;;1-5(2,3)4/h21H,2-19H2,1H3;;;(H2,1,2,3,4)/q;2*+1;/p-2. The maximum atomic E-state index is 11.2. The second kappa shape index (κ2) is 30.3. The van der Waals surface area contributed by atoms with Crippen LogP contribution in [0.25, 0.3) is 0 Å². The van der Waals surface area contributed by atoms with Gasteiger partial charge in [0.25, 0.3) is 0 Å². The third-order valence-electron chi connectivity index (χ3n) is 4.34. The van der Waals surface area contributed by atoms with Crippen LogP contribution in [0.15, 0.2) is 0 Å². The van der Waals surface area contributed by atoms with Gasteiger partial charge in [0.15, 0.2) is 0 Å². The Morgan fingerprint density at radius 1 is 0.733 bits per heavy atom. The van der Waals surface area contributed by atoms with Crippen molar-refractivity contribution in [2.75, 3.05) is 13.2 Å². The Balaban J connectivity index is -0.000000429. The van der Waals surface area contributed by atoms with Crippen LogP contribution in [0.5, 0.6) is 0 Å². The second-order valence-electron chi connectivity index (χ2n) is 7.05. The Kier molecular flexibility index (Phi) is 38.9. The fourth-order valence-electron chi connectivity index (χ4n) is 2.87. The van der Waals surface area contributed by atoms with Gasteiger partial charge in [0.05, 0.1) is 6.61 Å². The first-order chi connectivity index (χ1) is 13.3. The number of hydrogen-bond acceptors (Lipinski definition) is 7. The SMILES string of the molecule is CCCCCCCCCCCCCCCCCC(=O)OCCO.O=S(=O)([O-])[O-].[Na+].[Na+]. The summed E-state index contributed by atoms with van der Waals surface area (Å²) in [6.45, 7) is 2.33. The summed E-state index contributed by atoms with van der Waals surface area (Å²) in [5, 5.41) is 8.54. The zero-order valence-corrected chi connectivity index (χ0v) is 24.3. The van der Waals surface area contributed by atoms with E-state index in [1.54, 1.807) is 0 Å². The van der Waals surface area contributed by atoms with Crippen molar-refractivity contribution in [3.63, 3.8) is 0 Å². The Morgan fingerprint density at radius 2 is 1.03 bits per heavy atom. The minimum absolute atomic E-state index is 0. The molecule has 0 atom stereocenters. The summed E-state index contributed by atoms with van der Waals surface area (Å²) in [6, 6.07) is 0. The molecule has 7 nitrogen and oxygen atoms in total. The van der Waals surface area contributed by atoms with Crippen LogP contribution in [0, 0.1) is 0 Å². The van der Waals surface area contributed by atoms with Crippen molar-refractivity contribution in [3.8, 4) is 0 Å². The van der Waals surface area contributed by atoms with E-state index in [0.29, 0.717) is 6.42 Å². The Bertz CT molecular complexity index is 427. The molecule has 30 heavy (non-hydrogen) atoms. The van der Waals surface area contributed by atoms with E-state index in [9.17, 15) is 4.79 Å². The Labute approximate surface area is 228 Å². The van der Waals surface area contributed by atoms with Gasteiger partial charge >= 0.3 is 65.1 Å². The summed E-state index contributed by atoms with van der Waals surface area (Å²) < 4.78 is 38.9. The number of rotatable bonds is 18. The predicted molar refractivity (Wildman–Crippen MR) is 108 cm³/mol. The quantitative estimate of drug-likeness (QED) is 0.0845. The molecule has 0 aliphatic heterocycles. The molecule has 0 spiro atoms. The van der Waals surface area contributed by atoms with Crippen molar-refractivity contribution in [1.82, 2.24) is 0 Å². The van der Waals surface area contributed by atoms with Crippen molar-refractivity contribution >= 4 is 16.4 Å². The minimum atomic E-state index is -5.17. The van der Waals surface area contributed by atoms with Crippen LogP contribution in [0.2, 0.25) is 0 Å². The van der Waals surface area contributed by atoms with Gasteiger partial charge in [-0.15, -0.1) is 0 Å². The Hall–Kier alpha value is 1.30. The van der Waals surface area contributed by atoms with Crippen LogP contribution in [-0.2, 0) is 19.9 Å². The molecule has 0 aliphatic rings. The number of ether oxygens (including phenoxy) is 1. The molecule has 0 aromatic carbocycles. The average molecular weight is 471 g/mol. The maximum absolute atomic E-state index is 11.2. The number of esters is 1. The van der Waals surface area contributed by atoms with Crippen molar-refractivity contribution < 1.29 is 91.3 Å². The van der Waals surface area contributed by atoms with Gasteiger partial charge in [0.1, 0.15) is 6.61 Å². The number of hydrogen-bond donors (Lipinski definition) is 1. The van der Waals surface area contributed by atoms with Crippen LogP contribution >= 0.6 is 0 Å². The molecule has 0 saturated carbocycles. The molecule has 0 saturated heterocycles. The molecule has 0 rings (SSSR count). The summed E-state index contributed by atoms with van der Waals surface area (Å²) in [7, 11) is -5.17. The van der Waals surface area contributed by atoms with E-state index in [1.165, 1.54) is 83.5 Å².